The Morgan fingerprint density at radius 1 is 1.03 bits per heavy atom. The molecule has 0 radical (unpaired) electrons. The number of imide groups is 1. The third-order valence-corrected chi connectivity index (χ3v) is 6.22. The van der Waals surface area contributed by atoms with Crippen molar-refractivity contribution < 1.29 is 28.8 Å². The van der Waals surface area contributed by atoms with E-state index in [0.717, 1.165) is 12.8 Å². The molecule has 5 rings (SSSR count). The molecule has 3 aromatic rings. The van der Waals surface area contributed by atoms with Gasteiger partial charge in [-0.15, -0.1) is 0 Å². The predicted octanol–water partition coefficient (Wildman–Crippen LogP) is 4.34. The minimum Gasteiger partial charge on any atom is -0.457 e. The number of hydrogen-bond donors (Lipinski definition) is 1. The Morgan fingerprint density at radius 2 is 1.78 bits per heavy atom. The van der Waals surface area contributed by atoms with Crippen LogP contribution in [0.4, 0.5) is 11.4 Å². The summed E-state index contributed by atoms with van der Waals surface area (Å²) < 4.78 is 11.5. The van der Waals surface area contributed by atoms with E-state index in [1.165, 1.54) is 17.0 Å². The highest BCUT2D eigenvalue weighted by Crippen LogP contribution is 2.31. The molecule has 1 N–H and O–H groups in total. The third-order valence-electron chi connectivity index (χ3n) is 6.22. The van der Waals surface area contributed by atoms with E-state index in [1.54, 1.807) is 54.6 Å². The van der Waals surface area contributed by atoms with Gasteiger partial charge in [-0.25, -0.2) is 0 Å². The molecule has 0 bridgehead atoms. The molecule has 3 aromatic carbocycles. The van der Waals surface area contributed by atoms with Gasteiger partial charge in [0.15, 0.2) is 0 Å². The zero-order valence-corrected chi connectivity index (χ0v) is 19.7. The van der Waals surface area contributed by atoms with Crippen molar-refractivity contribution in [3.63, 3.8) is 0 Å². The lowest BCUT2D eigenvalue weighted by atomic mass is 10.1. The van der Waals surface area contributed by atoms with Crippen LogP contribution in [0.1, 0.15) is 39.1 Å². The zero-order valence-electron chi connectivity index (χ0n) is 19.7. The molecule has 1 unspecified atom stereocenters. The van der Waals surface area contributed by atoms with E-state index in [2.05, 4.69) is 5.32 Å². The Hall–Kier alpha value is -4.57. The molecular formula is C27H23N3O7. The van der Waals surface area contributed by atoms with Gasteiger partial charge in [0.2, 0.25) is 5.91 Å². The van der Waals surface area contributed by atoms with E-state index in [9.17, 15) is 24.5 Å². The number of nitrogens with one attached hydrogen (secondary N) is 1. The Balaban J connectivity index is 1.23. The fourth-order valence-corrected chi connectivity index (χ4v) is 4.39. The van der Waals surface area contributed by atoms with Crippen LogP contribution < -0.4 is 10.1 Å². The van der Waals surface area contributed by atoms with Gasteiger partial charge >= 0.3 is 0 Å². The van der Waals surface area contributed by atoms with Crippen LogP contribution >= 0.6 is 0 Å². The summed E-state index contributed by atoms with van der Waals surface area (Å²) in [5.41, 5.74) is 1.72. The number of nitro groups is 1. The monoisotopic (exact) mass is 501 g/mol. The van der Waals surface area contributed by atoms with E-state index in [-0.39, 0.29) is 48.0 Å². The number of amides is 3. The number of anilines is 1. The van der Waals surface area contributed by atoms with E-state index in [0.29, 0.717) is 34.9 Å². The van der Waals surface area contributed by atoms with Gasteiger partial charge in [0.25, 0.3) is 17.5 Å². The largest absolute Gasteiger partial charge is 0.457 e. The predicted molar refractivity (Wildman–Crippen MR) is 133 cm³/mol. The number of ether oxygens (including phenoxy) is 2. The number of benzene rings is 3. The number of non-ortho nitro benzene ring substituents is 1. The number of hydrogen-bond acceptors (Lipinski definition) is 7. The van der Waals surface area contributed by atoms with Crippen molar-refractivity contribution in [1.29, 1.82) is 0 Å². The molecule has 2 aliphatic rings. The standard InChI is InChI=1S/C27H23N3O7/c31-25(13-17-6-8-19(9-7-17)30(34)35)28-18-3-1-4-20(14-18)37-21-10-11-23-24(15-21)27(33)29(26(23)32)16-22-5-2-12-36-22/h1,3-4,6-11,14-15,22H,2,5,12-13,16H2,(H,28,31). The van der Waals surface area contributed by atoms with Gasteiger partial charge in [-0.1, -0.05) is 18.2 Å². The summed E-state index contributed by atoms with van der Waals surface area (Å²) in [5, 5.41) is 13.6. The quantitative estimate of drug-likeness (QED) is 0.276. The topological polar surface area (TPSA) is 128 Å². The van der Waals surface area contributed by atoms with Gasteiger partial charge in [-0.2, -0.15) is 0 Å². The number of nitro benzene ring substituents is 1. The maximum atomic E-state index is 12.9. The van der Waals surface area contributed by atoms with Crippen LogP contribution in [-0.2, 0) is 16.0 Å². The molecule has 188 valence electrons. The minimum atomic E-state index is -0.494. The molecule has 0 saturated carbocycles. The van der Waals surface area contributed by atoms with Crippen molar-refractivity contribution in [3.05, 3.63) is 93.5 Å². The highest BCUT2D eigenvalue weighted by Gasteiger charge is 2.37. The fraction of sp³-hybridized carbons (Fsp3) is 0.222. The highest BCUT2D eigenvalue weighted by molar-refractivity contribution is 6.21. The van der Waals surface area contributed by atoms with Crippen molar-refractivity contribution in [2.45, 2.75) is 25.4 Å². The first-order chi connectivity index (χ1) is 17.9. The van der Waals surface area contributed by atoms with Crippen molar-refractivity contribution >= 4 is 29.1 Å². The van der Waals surface area contributed by atoms with Crippen LogP contribution in [-0.4, -0.2) is 46.8 Å². The summed E-state index contributed by atoms with van der Waals surface area (Å²) >= 11 is 0. The number of nitrogens with zero attached hydrogens (tertiary/aromatic N) is 2. The second-order valence-electron chi connectivity index (χ2n) is 8.84. The second-order valence-corrected chi connectivity index (χ2v) is 8.84. The van der Waals surface area contributed by atoms with Gasteiger partial charge in [0.05, 0.1) is 35.1 Å². The second kappa shape index (κ2) is 10.2. The average Bonchev–Trinajstić information content (AvgIpc) is 3.47. The molecule has 0 aliphatic carbocycles. The molecule has 1 atom stereocenters. The molecule has 3 amide bonds. The molecular weight excluding hydrogens is 478 g/mol. The number of fused-ring (bicyclic) bond motifs is 1. The molecule has 2 aliphatic heterocycles. The van der Waals surface area contributed by atoms with Crippen LogP contribution in [0.5, 0.6) is 11.5 Å². The lowest BCUT2D eigenvalue weighted by molar-refractivity contribution is -0.384. The first kappa shape index (κ1) is 24.1. The summed E-state index contributed by atoms with van der Waals surface area (Å²) in [5.74, 6) is -0.179. The molecule has 10 heteroatoms. The van der Waals surface area contributed by atoms with Crippen molar-refractivity contribution in [1.82, 2.24) is 4.90 Å². The lowest BCUT2D eigenvalue weighted by Crippen LogP contribution is -2.36. The van der Waals surface area contributed by atoms with Gasteiger partial charge in [0.1, 0.15) is 11.5 Å². The molecule has 10 nitrogen and oxygen atoms in total. The summed E-state index contributed by atoms with van der Waals surface area (Å²) in [7, 11) is 0. The normalized spacial score (nSPS) is 16.5. The van der Waals surface area contributed by atoms with E-state index < -0.39 is 4.92 Å². The van der Waals surface area contributed by atoms with E-state index >= 15 is 0 Å². The Kier molecular flexibility index (Phi) is 6.65. The molecule has 0 aromatic heterocycles. The summed E-state index contributed by atoms with van der Waals surface area (Å²) in [6.07, 6.45) is 1.66. The third kappa shape index (κ3) is 5.34. The molecule has 1 saturated heterocycles. The molecule has 37 heavy (non-hydrogen) atoms. The van der Waals surface area contributed by atoms with E-state index in [4.69, 9.17) is 9.47 Å². The number of rotatable bonds is 8. The van der Waals surface area contributed by atoms with Gasteiger partial charge in [0, 0.05) is 30.5 Å². The Labute approximate surface area is 211 Å². The fourth-order valence-electron chi connectivity index (χ4n) is 4.39. The first-order valence-electron chi connectivity index (χ1n) is 11.8. The van der Waals surface area contributed by atoms with Crippen molar-refractivity contribution in [2.75, 3.05) is 18.5 Å². The van der Waals surface area contributed by atoms with Crippen LogP contribution in [0.3, 0.4) is 0 Å². The number of carbonyl (C=O) groups is 3. The Morgan fingerprint density at radius 3 is 2.51 bits per heavy atom. The Bertz CT molecular complexity index is 1380. The summed E-state index contributed by atoms with van der Waals surface area (Å²) in [6, 6.07) is 17.3. The zero-order chi connectivity index (χ0) is 25.9. The van der Waals surface area contributed by atoms with Crippen molar-refractivity contribution in [2.24, 2.45) is 0 Å². The molecule has 1 fully saturated rings. The number of carbonyl (C=O) groups excluding carboxylic acids is 3. The van der Waals surface area contributed by atoms with Gasteiger partial charge < -0.3 is 14.8 Å². The summed E-state index contributed by atoms with van der Waals surface area (Å²) in [6.45, 7) is 0.881. The maximum Gasteiger partial charge on any atom is 0.269 e. The van der Waals surface area contributed by atoms with Crippen molar-refractivity contribution in [3.8, 4) is 11.5 Å². The highest BCUT2D eigenvalue weighted by atomic mass is 16.6. The van der Waals surface area contributed by atoms with Crippen LogP contribution in [0.15, 0.2) is 66.7 Å². The van der Waals surface area contributed by atoms with Gasteiger partial charge in [-0.3, -0.25) is 29.4 Å². The molecule has 0 spiro atoms. The van der Waals surface area contributed by atoms with Crippen LogP contribution in [0, 0.1) is 10.1 Å². The lowest BCUT2D eigenvalue weighted by Gasteiger charge is -2.17. The van der Waals surface area contributed by atoms with Crippen LogP contribution in [0.2, 0.25) is 0 Å². The molecule has 2 heterocycles. The van der Waals surface area contributed by atoms with E-state index in [1.807, 2.05) is 0 Å². The average molecular weight is 501 g/mol. The first-order valence-corrected chi connectivity index (χ1v) is 11.8. The van der Waals surface area contributed by atoms with Gasteiger partial charge in [-0.05, 0) is 48.7 Å². The van der Waals surface area contributed by atoms with Crippen LogP contribution in [0.25, 0.3) is 0 Å². The summed E-state index contributed by atoms with van der Waals surface area (Å²) in [4.78, 5) is 49.6. The maximum absolute atomic E-state index is 12.9. The SMILES string of the molecule is O=C(Cc1ccc([N+](=O)[O-])cc1)Nc1cccc(Oc2ccc3c(c2)C(=O)N(CC2CCCO2)C3=O)c1. The minimum absolute atomic E-state index is 0.0397. The smallest absolute Gasteiger partial charge is 0.269 e.